The lowest BCUT2D eigenvalue weighted by atomic mass is 10.1. The molecule has 0 spiro atoms. The highest BCUT2D eigenvalue weighted by Gasteiger charge is 2.16. The summed E-state index contributed by atoms with van der Waals surface area (Å²) in [5.41, 5.74) is 2.43. The van der Waals surface area contributed by atoms with Gasteiger partial charge in [-0.05, 0) is 25.3 Å². The lowest BCUT2D eigenvalue weighted by Gasteiger charge is -2.19. The van der Waals surface area contributed by atoms with Crippen LogP contribution < -0.4 is 5.32 Å². The van der Waals surface area contributed by atoms with Crippen molar-refractivity contribution in [2.24, 2.45) is 0 Å². The smallest absolute Gasteiger partial charge is 0.236 e. The van der Waals surface area contributed by atoms with Crippen LogP contribution in [0, 0.1) is 6.92 Å². The van der Waals surface area contributed by atoms with Crippen molar-refractivity contribution < 1.29 is 4.79 Å². The van der Waals surface area contributed by atoms with Gasteiger partial charge < -0.3 is 10.2 Å². The molecule has 19 heavy (non-hydrogen) atoms. The van der Waals surface area contributed by atoms with E-state index in [9.17, 15) is 4.79 Å². The number of benzene rings is 1. The largest absolute Gasteiger partial charge is 0.340 e. The van der Waals surface area contributed by atoms with Crippen molar-refractivity contribution in [3.8, 4) is 0 Å². The molecule has 0 aromatic heterocycles. The Morgan fingerprint density at radius 3 is 2.53 bits per heavy atom. The molecule has 0 radical (unpaired) electrons. The van der Waals surface area contributed by atoms with Crippen molar-refractivity contribution in [3.63, 3.8) is 0 Å². The zero-order valence-electron chi connectivity index (χ0n) is 12.0. The summed E-state index contributed by atoms with van der Waals surface area (Å²) in [4.78, 5) is 13.8. The Kier molecular flexibility index (Phi) is 4.97. The molecule has 0 aliphatic heterocycles. The monoisotopic (exact) mass is 260 g/mol. The lowest BCUT2D eigenvalue weighted by molar-refractivity contribution is -0.129. The van der Waals surface area contributed by atoms with Gasteiger partial charge in [-0.1, -0.05) is 42.7 Å². The third-order valence-corrected chi connectivity index (χ3v) is 3.86. The van der Waals surface area contributed by atoms with E-state index >= 15 is 0 Å². The third-order valence-electron chi connectivity index (χ3n) is 3.86. The van der Waals surface area contributed by atoms with Crippen LogP contribution in [0.3, 0.4) is 0 Å². The highest BCUT2D eigenvalue weighted by Crippen LogP contribution is 2.17. The molecule has 1 aromatic carbocycles. The van der Waals surface area contributed by atoms with E-state index in [1.807, 2.05) is 7.05 Å². The number of hydrogen-bond acceptors (Lipinski definition) is 2. The highest BCUT2D eigenvalue weighted by molar-refractivity contribution is 5.78. The van der Waals surface area contributed by atoms with E-state index in [0.29, 0.717) is 19.1 Å². The van der Waals surface area contributed by atoms with Crippen molar-refractivity contribution in [1.29, 1.82) is 0 Å². The second-order valence-corrected chi connectivity index (χ2v) is 5.60. The van der Waals surface area contributed by atoms with Gasteiger partial charge in [0.15, 0.2) is 0 Å². The molecule has 0 atom stereocenters. The summed E-state index contributed by atoms with van der Waals surface area (Å²) in [5.74, 6) is 0.174. The number of amides is 1. The van der Waals surface area contributed by atoms with Gasteiger partial charge in [0, 0.05) is 19.6 Å². The average Bonchev–Trinajstić information content (AvgIpc) is 2.91. The van der Waals surface area contributed by atoms with Gasteiger partial charge in [-0.2, -0.15) is 0 Å². The van der Waals surface area contributed by atoms with E-state index in [0.717, 1.165) is 0 Å². The lowest BCUT2D eigenvalue weighted by Crippen LogP contribution is -2.38. The fraction of sp³-hybridized carbons (Fsp3) is 0.562. The zero-order chi connectivity index (χ0) is 13.7. The number of rotatable bonds is 5. The van der Waals surface area contributed by atoms with Gasteiger partial charge in [0.25, 0.3) is 0 Å². The van der Waals surface area contributed by atoms with E-state index in [2.05, 4.69) is 36.5 Å². The number of hydrogen-bond donors (Lipinski definition) is 1. The van der Waals surface area contributed by atoms with E-state index in [4.69, 9.17) is 0 Å². The SMILES string of the molecule is Cc1ccc(CN(C)C(=O)CNC2CCCC2)cc1. The van der Waals surface area contributed by atoms with E-state index in [-0.39, 0.29) is 5.91 Å². The van der Waals surface area contributed by atoms with Gasteiger partial charge in [0.05, 0.1) is 6.54 Å². The first-order valence-electron chi connectivity index (χ1n) is 7.18. The van der Waals surface area contributed by atoms with Crippen LogP contribution in [0.25, 0.3) is 0 Å². The quantitative estimate of drug-likeness (QED) is 0.882. The molecule has 0 bridgehead atoms. The predicted octanol–water partition coefficient (Wildman–Crippen LogP) is 2.49. The molecule has 1 fully saturated rings. The molecular formula is C16H24N2O. The van der Waals surface area contributed by atoms with Crippen LogP contribution in [-0.2, 0) is 11.3 Å². The van der Waals surface area contributed by atoms with Crippen LogP contribution in [-0.4, -0.2) is 30.4 Å². The van der Waals surface area contributed by atoms with Crippen molar-refractivity contribution in [1.82, 2.24) is 10.2 Å². The number of nitrogens with one attached hydrogen (secondary N) is 1. The summed E-state index contributed by atoms with van der Waals surface area (Å²) >= 11 is 0. The molecule has 3 nitrogen and oxygen atoms in total. The summed E-state index contributed by atoms with van der Waals surface area (Å²) in [6.45, 7) is 3.22. The van der Waals surface area contributed by atoms with Crippen LogP contribution in [0.15, 0.2) is 24.3 Å². The molecule has 0 unspecified atom stereocenters. The molecule has 1 N–H and O–H groups in total. The molecule has 0 saturated heterocycles. The molecule has 1 aromatic rings. The topological polar surface area (TPSA) is 32.3 Å². The van der Waals surface area contributed by atoms with E-state index in [1.165, 1.54) is 36.8 Å². The Labute approximate surface area is 116 Å². The van der Waals surface area contributed by atoms with Gasteiger partial charge in [0.2, 0.25) is 5.91 Å². The first kappa shape index (κ1) is 14.1. The van der Waals surface area contributed by atoms with Crippen LogP contribution >= 0.6 is 0 Å². The average molecular weight is 260 g/mol. The second-order valence-electron chi connectivity index (χ2n) is 5.60. The van der Waals surface area contributed by atoms with Crippen molar-refractivity contribution in [2.45, 2.75) is 45.2 Å². The molecule has 104 valence electrons. The molecule has 3 heteroatoms. The Morgan fingerprint density at radius 1 is 1.26 bits per heavy atom. The predicted molar refractivity (Wildman–Crippen MR) is 77.9 cm³/mol. The molecule has 1 aliphatic rings. The maximum absolute atomic E-state index is 12.0. The Bertz CT molecular complexity index is 407. The fourth-order valence-corrected chi connectivity index (χ4v) is 2.55. The van der Waals surface area contributed by atoms with Crippen LogP contribution in [0.4, 0.5) is 0 Å². The Hall–Kier alpha value is -1.35. The first-order valence-corrected chi connectivity index (χ1v) is 7.18. The van der Waals surface area contributed by atoms with Gasteiger partial charge in [0.1, 0.15) is 0 Å². The zero-order valence-corrected chi connectivity index (χ0v) is 12.0. The normalized spacial score (nSPS) is 15.7. The first-order chi connectivity index (χ1) is 9.15. The third kappa shape index (κ3) is 4.35. The van der Waals surface area contributed by atoms with Crippen molar-refractivity contribution >= 4 is 5.91 Å². The minimum atomic E-state index is 0.174. The number of carbonyl (C=O) groups excluding carboxylic acids is 1. The summed E-state index contributed by atoms with van der Waals surface area (Å²) in [5, 5.41) is 3.37. The minimum Gasteiger partial charge on any atom is -0.340 e. The molecule has 2 rings (SSSR count). The fourth-order valence-electron chi connectivity index (χ4n) is 2.55. The molecule has 1 aliphatic carbocycles. The Balaban J connectivity index is 1.76. The standard InChI is InChI=1S/C16H24N2O/c1-13-7-9-14(10-8-13)12-18(2)16(19)11-17-15-5-3-4-6-15/h7-10,15,17H,3-6,11-12H2,1-2H3. The number of carbonyl (C=O) groups is 1. The summed E-state index contributed by atoms with van der Waals surface area (Å²) in [6, 6.07) is 8.90. The van der Waals surface area contributed by atoms with Crippen LogP contribution in [0.2, 0.25) is 0 Å². The molecular weight excluding hydrogens is 236 g/mol. The summed E-state index contributed by atoms with van der Waals surface area (Å²) in [7, 11) is 1.87. The summed E-state index contributed by atoms with van der Waals surface area (Å²) in [6.07, 6.45) is 5.03. The molecule has 1 saturated carbocycles. The molecule has 0 heterocycles. The van der Waals surface area contributed by atoms with Crippen LogP contribution in [0.1, 0.15) is 36.8 Å². The number of aryl methyl sites for hydroxylation is 1. The maximum Gasteiger partial charge on any atom is 0.236 e. The van der Waals surface area contributed by atoms with Gasteiger partial charge in [-0.3, -0.25) is 4.79 Å². The number of nitrogens with zero attached hydrogens (tertiary/aromatic N) is 1. The van der Waals surface area contributed by atoms with Crippen molar-refractivity contribution in [3.05, 3.63) is 35.4 Å². The van der Waals surface area contributed by atoms with E-state index in [1.54, 1.807) is 4.90 Å². The highest BCUT2D eigenvalue weighted by atomic mass is 16.2. The van der Waals surface area contributed by atoms with E-state index < -0.39 is 0 Å². The Morgan fingerprint density at radius 2 is 1.89 bits per heavy atom. The second kappa shape index (κ2) is 6.71. The summed E-state index contributed by atoms with van der Waals surface area (Å²) < 4.78 is 0. The van der Waals surface area contributed by atoms with Gasteiger partial charge >= 0.3 is 0 Å². The maximum atomic E-state index is 12.0. The van der Waals surface area contributed by atoms with Gasteiger partial charge in [-0.25, -0.2) is 0 Å². The van der Waals surface area contributed by atoms with Gasteiger partial charge in [-0.15, -0.1) is 0 Å². The van der Waals surface area contributed by atoms with Crippen molar-refractivity contribution in [2.75, 3.05) is 13.6 Å². The number of likely N-dealkylation sites (N-methyl/N-ethyl adjacent to an activating group) is 1. The molecule has 1 amide bonds. The van der Waals surface area contributed by atoms with Crippen LogP contribution in [0.5, 0.6) is 0 Å². The minimum absolute atomic E-state index is 0.174.